The molecule has 0 saturated carbocycles. The highest BCUT2D eigenvalue weighted by Crippen LogP contribution is 2.28. The molecule has 1 rings (SSSR count). The van der Waals surface area contributed by atoms with Crippen molar-refractivity contribution in [3.63, 3.8) is 0 Å². The third kappa shape index (κ3) is 4.38. The highest BCUT2D eigenvalue weighted by atomic mass is 35.5. The number of benzene rings is 1. The lowest BCUT2D eigenvalue weighted by Gasteiger charge is -2.21. The van der Waals surface area contributed by atoms with Gasteiger partial charge >= 0.3 is 12.1 Å². The van der Waals surface area contributed by atoms with Crippen LogP contribution in [0, 0.1) is 0 Å². The number of ether oxygens (including phenoxy) is 1. The van der Waals surface area contributed by atoms with Gasteiger partial charge in [-0.1, -0.05) is 12.1 Å². The zero-order chi connectivity index (χ0) is 13.9. The number of nitrogens with two attached hydrogens (primary N) is 1. The third-order valence-corrected chi connectivity index (χ3v) is 2.37. The van der Waals surface area contributed by atoms with E-state index in [2.05, 4.69) is 4.74 Å². The summed E-state index contributed by atoms with van der Waals surface area (Å²) in [6.07, 6.45) is -7.51. The summed E-state index contributed by atoms with van der Waals surface area (Å²) >= 11 is 0. The Morgan fingerprint density at radius 1 is 1.42 bits per heavy atom. The lowest BCUT2D eigenvalue weighted by atomic mass is 10.00. The Morgan fingerprint density at radius 3 is 2.47 bits per heavy atom. The summed E-state index contributed by atoms with van der Waals surface area (Å²) < 4.78 is 41.3. The van der Waals surface area contributed by atoms with Gasteiger partial charge in [0.2, 0.25) is 0 Å². The fourth-order valence-corrected chi connectivity index (χ4v) is 1.38. The molecule has 0 bridgehead atoms. The fraction of sp³-hybridized carbons (Fsp3) is 0.364. The van der Waals surface area contributed by atoms with Gasteiger partial charge in [0.15, 0.2) is 6.10 Å². The summed E-state index contributed by atoms with van der Waals surface area (Å²) in [5, 5.41) is 9.03. The molecule has 0 fully saturated rings. The van der Waals surface area contributed by atoms with Crippen LogP contribution in [0.3, 0.4) is 0 Å². The van der Waals surface area contributed by atoms with Crippen LogP contribution in [0.25, 0.3) is 0 Å². The maximum Gasteiger partial charge on any atom is 0.416 e. The number of hydrogen-bond donors (Lipinski definition) is 2. The van der Waals surface area contributed by atoms with Crippen molar-refractivity contribution in [2.45, 2.75) is 18.3 Å². The van der Waals surface area contributed by atoms with Crippen molar-refractivity contribution in [2.75, 3.05) is 7.11 Å². The SMILES string of the molecule is COC(=O)c1cccc([C@@H](N)[C@@H](O)C(F)(F)F)c1.Cl. The predicted octanol–water partition coefficient (Wildman–Crippen LogP) is 1.82. The molecular formula is C11H13ClF3NO3. The highest BCUT2D eigenvalue weighted by molar-refractivity contribution is 5.89. The first-order valence-electron chi connectivity index (χ1n) is 4.96. The van der Waals surface area contributed by atoms with Crippen LogP contribution >= 0.6 is 12.4 Å². The highest BCUT2D eigenvalue weighted by Gasteiger charge is 2.42. The Balaban J connectivity index is 0.00000324. The number of carbonyl (C=O) groups excluding carboxylic acids is 1. The number of rotatable bonds is 3. The molecule has 108 valence electrons. The summed E-state index contributed by atoms with van der Waals surface area (Å²) in [6.45, 7) is 0. The first-order valence-corrected chi connectivity index (χ1v) is 4.96. The van der Waals surface area contributed by atoms with E-state index in [1.165, 1.54) is 18.2 Å². The van der Waals surface area contributed by atoms with Crippen LogP contribution in [0.2, 0.25) is 0 Å². The van der Waals surface area contributed by atoms with Crippen molar-refractivity contribution in [1.82, 2.24) is 0 Å². The molecule has 4 nitrogen and oxygen atoms in total. The van der Waals surface area contributed by atoms with E-state index in [0.717, 1.165) is 13.2 Å². The van der Waals surface area contributed by atoms with Crippen molar-refractivity contribution in [3.8, 4) is 0 Å². The zero-order valence-corrected chi connectivity index (χ0v) is 10.7. The fourth-order valence-electron chi connectivity index (χ4n) is 1.38. The van der Waals surface area contributed by atoms with Gasteiger partial charge in [-0.25, -0.2) is 4.79 Å². The van der Waals surface area contributed by atoms with Crippen LogP contribution in [-0.2, 0) is 4.74 Å². The van der Waals surface area contributed by atoms with Crippen LogP contribution in [-0.4, -0.2) is 30.5 Å². The number of carbonyl (C=O) groups is 1. The van der Waals surface area contributed by atoms with Gasteiger partial charge < -0.3 is 15.6 Å². The Morgan fingerprint density at radius 2 is 2.00 bits per heavy atom. The number of halogens is 4. The van der Waals surface area contributed by atoms with E-state index in [9.17, 15) is 18.0 Å². The summed E-state index contributed by atoms with van der Waals surface area (Å²) in [4.78, 5) is 11.2. The molecule has 0 aromatic heterocycles. The third-order valence-electron chi connectivity index (χ3n) is 2.37. The number of methoxy groups -OCH3 is 1. The van der Waals surface area contributed by atoms with Gasteiger partial charge in [-0.3, -0.25) is 0 Å². The Hall–Kier alpha value is -1.31. The second kappa shape index (κ2) is 6.74. The summed E-state index contributed by atoms with van der Waals surface area (Å²) in [5.74, 6) is -0.689. The smallest absolute Gasteiger partial charge is 0.416 e. The average Bonchev–Trinajstić information content (AvgIpc) is 2.35. The van der Waals surface area contributed by atoms with E-state index in [-0.39, 0.29) is 23.5 Å². The standard InChI is InChI=1S/C11H12F3NO3.ClH/c1-18-10(17)7-4-2-3-6(5-7)8(15)9(16)11(12,13)14;/h2-5,8-9,16H,15H2,1H3;1H/t8-,9-;/m1./s1. The molecule has 3 N–H and O–H groups in total. The van der Waals surface area contributed by atoms with E-state index in [1.807, 2.05) is 0 Å². The van der Waals surface area contributed by atoms with E-state index >= 15 is 0 Å². The molecule has 0 saturated heterocycles. The largest absolute Gasteiger partial charge is 0.465 e. The van der Waals surface area contributed by atoms with E-state index in [0.29, 0.717) is 0 Å². The van der Waals surface area contributed by atoms with Crippen molar-refractivity contribution in [2.24, 2.45) is 5.73 Å². The molecule has 0 radical (unpaired) electrons. The molecular weight excluding hydrogens is 287 g/mol. The Kier molecular flexibility index (Phi) is 6.28. The minimum absolute atomic E-state index is 0. The molecule has 2 atom stereocenters. The summed E-state index contributed by atoms with van der Waals surface area (Å²) in [7, 11) is 1.15. The molecule has 0 aliphatic carbocycles. The van der Waals surface area contributed by atoms with Gasteiger partial charge in [-0.05, 0) is 17.7 Å². The minimum atomic E-state index is -4.82. The molecule has 1 aromatic carbocycles. The van der Waals surface area contributed by atoms with Gasteiger partial charge in [-0.15, -0.1) is 12.4 Å². The Bertz CT molecular complexity index is 439. The van der Waals surface area contributed by atoms with Crippen molar-refractivity contribution >= 4 is 18.4 Å². The van der Waals surface area contributed by atoms with E-state index in [4.69, 9.17) is 10.8 Å². The van der Waals surface area contributed by atoms with Crippen molar-refractivity contribution < 1.29 is 27.8 Å². The number of alkyl halides is 3. The lowest BCUT2D eigenvalue weighted by Crippen LogP contribution is -2.38. The monoisotopic (exact) mass is 299 g/mol. The molecule has 8 heteroatoms. The van der Waals surface area contributed by atoms with E-state index < -0.39 is 24.3 Å². The summed E-state index contributed by atoms with van der Waals surface area (Å²) in [5.41, 5.74) is 5.38. The maximum absolute atomic E-state index is 12.3. The Labute approximate surface area is 113 Å². The van der Waals surface area contributed by atoms with Crippen LogP contribution in [0.5, 0.6) is 0 Å². The first kappa shape index (κ1) is 17.7. The average molecular weight is 300 g/mol. The topological polar surface area (TPSA) is 72.5 Å². The quantitative estimate of drug-likeness (QED) is 0.835. The molecule has 0 aliphatic rings. The molecule has 19 heavy (non-hydrogen) atoms. The molecule has 0 unspecified atom stereocenters. The van der Waals surface area contributed by atoms with Crippen LogP contribution < -0.4 is 5.73 Å². The second-order valence-corrected chi connectivity index (χ2v) is 3.63. The van der Waals surface area contributed by atoms with Crippen molar-refractivity contribution in [3.05, 3.63) is 35.4 Å². The zero-order valence-electron chi connectivity index (χ0n) is 9.85. The van der Waals surface area contributed by atoms with Gasteiger partial charge in [0, 0.05) is 0 Å². The predicted molar refractivity (Wildman–Crippen MR) is 64.0 cm³/mol. The van der Waals surface area contributed by atoms with Gasteiger partial charge in [0.25, 0.3) is 0 Å². The number of hydrogen-bond acceptors (Lipinski definition) is 4. The van der Waals surface area contributed by atoms with Gasteiger partial charge in [-0.2, -0.15) is 13.2 Å². The van der Waals surface area contributed by atoms with Crippen molar-refractivity contribution in [1.29, 1.82) is 0 Å². The maximum atomic E-state index is 12.3. The van der Waals surface area contributed by atoms with Crippen LogP contribution in [0.4, 0.5) is 13.2 Å². The lowest BCUT2D eigenvalue weighted by molar-refractivity contribution is -0.210. The van der Waals surface area contributed by atoms with Gasteiger partial charge in [0.05, 0.1) is 18.7 Å². The first-order chi connectivity index (χ1) is 8.27. The molecule has 0 spiro atoms. The normalized spacial score (nSPS) is 14.2. The summed E-state index contributed by atoms with van der Waals surface area (Å²) in [6, 6.07) is 3.54. The molecule has 0 aliphatic heterocycles. The molecule has 1 aromatic rings. The molecule has 0 heterocycles. The second-order valence-electron chi connectivity index (χ2n) is 3.63. The molecule has 0 amide bonds. The number of aliphatic hydroxyl groups excluding tert-OH is 1. The number of esters is 1. The minimum Gasteiger partial charge on any atom is -0.465 e. The van der Waals surface area contributed by atoms with Gasteiger partial charge in [0.1, 0.15) is 0 Å². The van der Waals surface area contributed by atoms with Crippen LogP contribution in [0.15, 0.2) is 24.3 Å². The van der Waals surface area contributed by atoms with E-state index in [1.54, 1.807) is 0 Å². The van der Waals surface area contributed by atoms with Crippen LogP contribution in [0.1, 0.15) is 22.0 Å². The number of aliphatic hydroxyl groups is 1.